The zero-order valence-electron chi connectivity index (χ0n) is 9.93. The number of piperazine rings is 1. The minimum absolute atomic E-state index is 0.107. The summed E-state index contributed by atoms with van der Waals surface area (Å²) in [5.74, 6) is -1.33. The standard InChI is InChI=1S/C13H11ClN2O3/c14-10-3-1-2-9(6-10)4-5-13(19)16-7-11(17)15-12(18)8-16/h1-6H,7-8H2,(H,15,17,18). The summed E-state index contributed by atoms with van der Waals surface area (Å²) >= 11 is 5.82. The van der Waals surface area contributed by atoms with Crippen LogP contribution in [0.15, 0.2) is 30.3 Å². The molecule has 6 heteroatoms. The molecule has 5 nitrogen and oxygen atoms in total. The first kappa shape index (κ1) is 13.3. The van der Waals surface area contributed by atoms with E-state index in [0.29, 0.717) is 5.02 Å². The summed E-state index contributed by atoms with van der Waals surface area (Å²) in [6.45, 7) is -0.213. The molecule has 1 aromatic rings. The van der Waals surface area contributed by atoms with Gasteiger partial charge < -0.3 is 4.90 Å². The minimum Gasteiger partial charge on any atom is -0.321 e. The predicted octanol–water partition coefficient (Wildman–Crippen LogP) is 0.838. The molecule has 1 fully saturated rings. The van der Waals surface area contributed by atoms with E-state index in [1.807, 2.05) is 0 Å². The van der Waals surface area contributed by atoms with Gasteiger partial charge in [0.15, 0.2) is 0 Å². The van der Waals surface area contributed by atoms with Crippen LogP contribution < -0.4 is 5.32 Å². The Balaban J connectivity index is 2.04. The monoisotopic (exact) mass is 278 g/mol. The van der Waals surface area contributed by atoms with E-state index in [9.17, 15) is 14.4 Å². The maximum absolute atomic E-state index is 11.8. The highest BCUT2D eigenvalue weighted by Gasteiger charge is 2.24. The van der Waals surface area contributed by atoms with Gasteiger partial charge >= 0.3 is 0 Å². The third kappa shape index (κ3) is 3.66. The first-order chi connectivity index (χ1) is 9.04. The Hall–Kier alpha value is -2.14. The molecule has 1 aliphatic heterocycles. The van der Waals surface area contributed by atoms with Gasteiger partial charge in [0.2, 0.25) is 17.7 Å². The topological polar surface area (TPSA) is 66.5 Å². The molecule has 1 heterocycles. The van der Waals surface area contributed by atoms with E-state index in [4.69, 9.17) is 11.6 Å². The molecule has 0 aliphatic carbocycles. The summed E-state index contributed by atoms with van der Waals surface area (Å²) in [5.41, 5.74) is 0.772. The molecule has 1 saturated heterocycles. The van der Waals surface area contributed by atoms with E-state index in [0.717, 1.165) is 5.56 Å². The van der Waals surface area contributed by atoms with Crippen LogP contribution in [0.25, 0.3) is 6.08 Å². The van der Waals surface area contributed by atoms with Crippen LogP contribution in [-0.4, -0.2) is 35.7 Å². The van der Waals surface area contributed by atoms with Gasteiger partial charge in [-0.15, -0.1) is 0 Å². The summed E-state index contributed by atoms with van der Waals surface area (Å²) in [7, 11) is 0. The Bertz CT molecular complexity index is 553. The van der Waals surface area contributed by atoms with Crippen molar-refractivity contribution in [2.24, 2.45) is 0 Å². The van der Waals surface area contributed by atoms with E-state index in [1.54, 1.807) is 30.3 Å². The van der Waals surface area contributed by atoms with E-state index < -0.39 is 11.8 Å². The third-order valence-corrected chi connectivity index (χ3v) is 2.76. The smallest absolute Gasteiger partial charge is 0.247 e. The van der Waals surface area contributed by atoms with Crippen molar-refractivity contribution in [1.29, 1.82) is 0 Å². The van der Waals surface area contributed by atoms with Gasteiger partial charge in [-0.1, -0.05) is 23.7 Å². The number of imide groups is 1. The molecule has 0 saturated carbocycles. The lowest BCUT2D eigenvalue weighted by atomic mass is 10.2. The number of carbonyl (C=O) groups excluding carboxylic acids is 3. The summed E-state index contributed by atoms with van der Waals surface area (Å²) in [6, 6.07) is 7.00. The van der Waals surface area contributed by atoms with Crippen molar-refractivity contribution in [3.05, 3.63) is 40.9 Å². The Morgan fingerprint density at radius 1 is 1.26 bits per heavy atom. The molecule has 1 aromatic carbocycles. The van der Waals surface area contributed by atoms with Gasteiger partial charge in [0.05, 0.1) is 0 Å². The summed E-state index contributed by atoms with van der Waals surface area (Å²) in [5, 5.41) is 2.70. The van der Waals surface area contributed by atoms with Crippen molar-refractivity contribution in [2.45, 2.75) is 0 Å². The van der Waals surface area contributed by atoms with Crippen molar-refractivity contribution < 1.29 is 14.4 Å². The highest BCUT2D eigenvalue weighted by Crippen LogP contribution is 2.12. The molecular formula is C13H11ClN2O3. The number of halogens is 1. The SMILES string of the molecule is O=C1CN(C(=O)C=Cc2cccc(Cl)c2)CC(=O)N1. The third-order valence-electron chi connectivity index (χ3n) is 2.53. The van der Waals surface area contributed by atoms with Gasteiger partial charge in [0, 0.05) is 11.1 Å². The van der Waals surface area contributed by atoms with E-state index in [-0.39, 0.29) is 19.0 Å². The lowest BCUT2D eigenvalue weighted by molar-refractivity contribution is -0.143. The maximum atomic E-state index is 11.8. The second-order valence-corrected chi connectivity index (χ2v) is 4.49. The van der Waals surface area contributed by atoms with Crippen molar-refractivity contribution >= 4 is 35.4 Å². The van der Waals surface area contributed by atoms with E-state index in [2.05, 4.69) is 5.32 Å². The maximum Gasteiger partial charge on any atom is 0.247 e. The molecule has 3 amide bonds. The van der Waals surface area contributed by atoms with E-state index >= 15 is 0 Å². The van der Waals surface area contributed by atoms with Crippen molar-refractivity contribution in [2.75, 3.05) is 13.1 Å². The molecule has 1 N–H and O–H groups in total. The number of hydrogen-bond acceptors (Lipinski definition) is 3. The zero-order chi connectivity index (χ0) is 13.8. The highest BCUT2D eigenvalue weighted by atomic mass is 35.5. The van der Waals surface area contributed by atoms with Gasteiger partial charge in [-0.2, -0.15) is 0 Å². The Morgan fingerprint density at radius 3 is 2.58 bits per heavy atom. The van der Waals surface area contributed by atoms with Crippen molar-refractivity contribution in [3.8, 4) is 0 Å². The molecule has 0 aromatic heterocycles. The van der Waals surface area contributed by atoms with Gasteiger partial charge in [0.1, 0.15) is 13.1 Å². The average Bonchev–Trinajstić information content (AvgIpc) is 2.35. The summed E-state index contributed by atoms with van der Waals surface area (Å²) in [4.78, 5) is 35.3. The fourth-order valence-electron chi connectivity index (χ4n) is 1.68. The molecule has 2 rings (SSSR count). The van der Waals surface area contributed by atoms with E-state index in [1.165, 1.54) is 11.0 Å². The molecule has 19 heavy (non-hydrogen) atoms. The zero-order valence-corrected chi connectivity index (χ0v) is 10.7. The lowest BCUT2D eigenvalue weighted by Gasteiger charge is -2.24. The number of carbonyl (C=O) groups is 3. The molecule has 1 aliphatic rings. The van der Waals surface area contributed by atoms with Crippen LogP contribution in [0.4, 0.5) is 0 Å². The van der Waals surface area contributed by atoms with Crippen LogP contribution in [0.2, 0.25) is 5.02 Å². The Labute approximate surface area is 114 Å². The largest absolute Gasteiger partial charge is 0.321 e. The van der Waals surface area contributed by atoms with Gasteiger partial charge in [-0.3, -0.25) is 19.7 Å². The molecule has 0 unspecified atom stereocenters. The first-order valence-electron chi connectivity index (χ1n) is 5.60. The number of nitrogens with zero attached hydrogens (tertiary/aromatic N) is 1. The van der Waals surface area contributed by atoms with Crippen molar-refractivity contribution in [3.63, 3.8) is 0 Å². The fraction of sp³-hybridized carbons (Fsp3) is 0.154. The van der Waals surface area contributed by atoms with Crippen LogP contribution in [0.1, 0.15) is 5.56 Å². The first-order valence-corrected chi connectivity index (χ1v) is 5.97. The molecule has 0 bridgehead atoms. The van der Waals surface area contributed by atoms with Crippen LogP contribution >= 0.6 is 11.6 Å². The second-order valence-electron chi connectivity index (χ2n) is 4.05. The van der Waals surface area contributed by atoms with Crippen LogP contribution in [-0.2, 0) is 14.4 Å². The van der Waals surface area contributed by atoms with Gasteiger partial charge in [0.25, 0.3) is 0 Å². The second kappa shape index (κ2) is 5.67. The van der Waals surface area contributed by atoms with Crippen LogP contribution in [0.5, 0.6) is 0 Å². The van der Waals surface area contributed by atoms with Crippen LogP contribution in [0, 0.1) is 0 Å². The number of nitrogens with one attached hydrogen (secondary N) is 1. The van der Waals surface area contributed by atoms with Crippen molar-refractivity contribution in [1.82, 2.24) is 10.2 Å². The number of hydrogen-bond donors (Lipinski definition) is 1. The number of amides is 3. The Morgan fingerprint density at radius 2 is 1.95 bits per heavy atom. The molecular weight excluding hydrogens is 268 g/mol. The number of benzene rings is 1. The molecule has 0 spiro atoms. The molecule has 98 valence electrons. The minimum atomic E-state index is -0.472. The average molecular weight is 279 g/mol. The highest BCUT2D eigenvalue weighted by molar-refractivity contribution is 6.30. The number of rotatable bonds is 2. The normalized spacial score (nSPS) is 15.7. The van der Waals surface area contributed by atoms with Gasteiger partial charge in [-0.25, -0.2) is 0 Å². The predicted molar refractivity (Wildman–Crippen MR) is 70.2 cm³/mol. The summed E-state index contributed by atoms with van der Waals surface area (Å²) in [6.07, 6.45) is 2.91. The Kier molecular flexibility index (Phi) is 3.97. The summed E-state index contributed by atoms with van der Waals surface area (Å²) < 4.78 is 0. The lowest BCUT2D eigenvalue weighted by Crippen LogP contribution is -2.52. The van der Waals surface area contributed by atoms with Crippen LogP contribution in [0.3, 0.4) is 0 Å². The fourth-order valence-corrected chi connectivity index (χ4v) is 1.87. The van der Waals surface area contributed by atoms with Gasteiger partial charge in [-0.05, 0) is 23.8 Å². The molecule has 0 atom stereocenters. The molecule has 0 radical (unpaired) electrons. The quantitative estimate of drug-likeness (QED) is 0.644.